The van der Waals surface area contributed by atoms with Crippen molar-refractivity contribution in [3.63, 3.8) is 0 Å². The Morgan fingerprint density at radius 1 is 1.18 bits per heavy atom. The van der Waals surface area contributed by atoms with Gasteiger partial charge in [-0.15, -0.1) is 0 Å². The van der Waals surface area contributed by atoms with Gasteiger partial charge in [-0.3, -0.25) is 4.79 Å². The third-order valence-electron chi connectivity index (χ3n) is 2.17. The third kappa shape index (κ3) is 3.00. The predicted molar refractivity (Wildman–Crippen MR) is 67.4 cm³/mol. The van der Waals surface area contributed by atoms with E-state index in [0.717, 1.165) is 11.3 Å². The Balaban J connectivity index is 0.000000686. The second-order valence-electron chi connectivity index (χ2n) is 3.40. The van der Waals surface area contributed by atoms with Crippen molar-refractivity contribution in [2.75, 3.05) is 0 Å². The highest BCUT2D eigenvalue weighted by Gasteiger charge is 2.09. The van der Waals surface area contributed by atoms with Crippen molar-refractivity contribution in [2.24, 2.45) is 0 Å². The quantitative estimate of drug-likeness (QED) is 0.747. The molecule has 0 fully saturated rings. The van der Waals surface area contributed by atoms with E-state index in [1.54, 1.807) is 19.3 Å². The smallest absolute Gasteiger partial charge is 0.162 e. The summed E-state index contributed by atoms with van der Waals surface area (Å²) in [5, 5.41) is 8.03. The molecule has 0 radical (unpaired) electrons. The number of benzene rings is 1. The van der Waals surface area contributed by atoms with Gasteiger partial charge in [-0.05, 0) is 26.0 Å². The standard InChI is InChI=1S/C11H11N3O.C2H6/c1-8-3-4-11(10(7-8)9(2)15)14-12-5-6-13-14;1-2/h3-7H,1-2H3;1-2H3. The third-order valence-corrected chi connectivity index (χ3v) is 2.17. The highest BCUT2D eigenvalue weighted by molar-refractivity contribution is 5.97. The normalized spacial score (nSPS) is 9.41. The SMILES string of the molecule is CC.CC(=O)c1cc(C)ccc1-n1nccn1. The predicted octanol–water partition coefficient (Wildman–Crippen LogP) is 2.80. The van der Waals surface area contributed by atoms with Gasteiger partial charge in [-0.1, -0.05) is 25.5 Å². The molecule has 4 nitrogen and oxygen atoms in total. The second-order valence-corrected chi connectivity index (χ2v) is 3.40. The molecule has 4 heteroatoms. The van der Waals surface area contributed by atoms with Gasteiger partial charge in [-0.2, -0.15) is 15.0 Å². The lowest BCUT2D eigenvalue weighted by atomic mass is 10.1. The zero-order chi connectivity index (χ0) is 12.8. The van der Waals surface area contributed by atoms with E-state index < -0.39 is 0 Å². The van der Waals surface area contributed by atoms with Crippen LogP contribution in [-0.4, -0.2) is 20.8 Å². The molecule has 0 spiro atoms. The Bertz CT molecular complexity index is 489. The lowest BCUT2D eigenvalue weighted by molar-refractivity contribution is 0.101. The molecular weight excluding hydrogens is 214 g/mol. The Kier molecular flexibility index (Phi) is 4.57. The molecule has 0 aliphatic carbocycles. The van der Waals surface area contributed by atoms with E-state index in [4.69, 9.17) is 0 Å². The van der Waals surface area contributed by atoms with Gasteiger partial charge in [0.1, 0.15) is 0 Å². The van der Waals surface area contributed by atoms with Crippen LogP contribution in [0.15, 0.2) is 30.6 Å². The highest BCUT2D eigenvalue weighted by atomic mass is 16.1. The number of carbonyl (C=O) groups is 1. The van der Waals surface area contributed by atoms with Crippen LogP contribution < -0.4 is 0 Å². The molecule has 0 atom stereocenters. The summed E-state index contributed by atoms with van der Waals surface area (Å²) in [6.45, 7) is 7.49. The highest BCUT2D eigenvalue weighted by Crippen LogP contribution is 2.15. The van der Waals surface area contributed by atoms with Gasteiger partial charge >= 0.3 is 0 Å². The summed E-state index contributed by atoms with van der Waals surface area (Å²) in [5.41, 5.74) is 2.42. The summed E-state index contributed by atoms with van der Waals surface area (Å²) >= 11 is 0. The Morgan fingerprint density at radius 3 is 2.29 bits per heavy atom. The Labute approximate surface area is 101 Å². The average Bonchev–Trinajstić information content (AvgIpc) is 2.85. The van der Waals surface area contributed by atoms with Crippen molar-refractivity contribution in [3.8, 4) is 5.69 Å². The molecule has 1 aromatic carbocycles. The van der Waals surface area contributed by atoms with Crippen LogP contribution in [0.1, 0.15) is 36.7 Å². The van der Waals surface area contributed by atoms with Gasteiger partial charge in [0, 0.05) is 5.56 Å². The van der Waals surface area contributed by atoms with Crippen LogP contribution in [0.3, 0.4) is 0 Å². The zero-order valence-corrected chi connectivity index (χ0v) is 10.6. The Hall–Kier alpha value is -1.97. The van der Waals surface area contributed by atoms with Crippen LogP contribution in [0.5, 0.6) is 0 Å². The van der Waals surface area contributed by atoms with Crippen LogP contribution in [0, 0.1) is 6.92 Å². The van der Waals surface area contributed by atoms with E-state index in [1.807, 2.05) is 39.0 Å². The molecule has 2 aromatic rings. The maximum absolute atomic E-state index is 11.4. The number of hydrogen-bond donors (Lipinski definition) is 0. The number of ketones is 1. The van der Waals surface area contributed by atoms with Crippen molar-refractivity contribution in [3.05, 3.63) is 41.7 Å². The van der Waals surface area contributed by atoms with E-state index in [-0.39, 0.29) is 5.78 Å². The molecule has 0 N–H and O–H groups in total. The fourth-order valence-corrected chi connectivity index (χ4v) is 1.45. The van der Waals surface area contributed by atoms with Crippen LogP contribution >= 0.6 is 0 Å². The number of Topliss-reactive ketones (excluding diaryl/α,β-unsaturated/α-hetero) is 1. The molecule has 0 unspecified atom stereocenters. The van der Waals surface area contributed by atoms with E-state index in [0.29, 0.717) is 5.56 Å². The maximum atomic E-state index is 11.4. The maximum Gasteiger partial charge on any atom is 0.162 e. The minimum atomic E-state index is 0.0194. The summed E-state index contributed by atoms with van der Waals surface area (Å²) in [6, 6.07) is 5.64. The first-order valence-corrected chi connectivity index (χ1v) is 5.67. The fraction of sp³-hybridized carbons (Fsp3) is 0.308. The summed E-state index contributed by atoms with van der Waals surface area (Å²) in [4.78, 5) is 12.9. The summed E-state index contributed by atoms with van der Waals surface area (Å²) in [6.07, 6.45) is 3.17. The average molecular weight is 231 g/mol. The molecule has 0 amide bonds. The summed E-state index contributed by atoms with van der Waals surface area (Å²) in [5.74, 6) is 0.0194. The number of aromatic nitrogens is 3. The van der Waals surface area contributed by atoms with Crippen LogP contribution in [0.4, 0.5) is 0 Å². The Morgan fingerprint density at radius 2 is 1.76 bits per heavy atom. The summed E-state index contributed by atoms with van der Waals surface area (Å²) < 4.78 is 0. The van der Waals surface area contributed by atoms with Crippen molar-refractivity contribution < 1.29 is 4.79 Å². The van der Waals surface area contributed by atoms with Crippen LogP contribution in [0.2, 0.25) is 0 Å². The lowest BCUT2D eigenvalue weighted by Crippen LogP contribution is -2.06. The van der Waals surface area contributed by atoms with E-state index in [9.17, 15) is 4.79 Å². The summed E-state index contributed by atoms with van der Waals surface area (Å²) in [7, 11) is 0. The van der Waals surface area contributed by atoms with E-state index >= 15 is 0 Å². The first-order chi connectivity index (χ1) is 8.18. The first-order valence-electron chi connectivity index (χ1n) is 5.67. The molecule has 1 aromatic heterocycles. The topological polar surface area (TPSA) is 47.8 Å². The van der Waals surface area contributed by atoms with Gasteiger partial charge in [0.25, 0.3) is 0 Å². The molecule has 1 heterocycles. The number of carbonyl (C=O) groups excluding carboxylic acids is 1. The van der Waals surface area contributed by atoms with Crippen molar-refractivity contribution >= 4 is 5.78 Å². The minimum Gasteiger partial charge on any atom is -0.294 e. The van der Waals surface area contributed by atoms with Crippen molar-refractivity contribution in [1.29, 1.82) is 0 Å². The molecule has 17 heavy (non-hydrogen) atoms. The van der Waals surface area contributed by atoms with Gasteiger partial charge in [0.2, 0.25) is 0 Å². The molecule has 0 aliphatic rings. The molecule has 2 rings (SSSR count). The zero-order valence-electron chi connectivity index (χ0n) is 10.6. The van der Waals surface area contributed by atoms with Crippen molar-refractivity contribution in [1.82, 2.24) is 15.0 Å². The van der Waals surface area contributed by atoms with Gasteiger partial charge in [-0.25, -0.2) is 0 Å². The molecule has 0 aliphatic heterocycles. The van der Waals surface area contributed by atoms with E-state index in [2.05, 4.69) is 10.2 Å². The molecule has 0 saturated heterocycles. The minimum absolute atomic E-state index is 0.0194. The lowest BCUT2D eigenvalue weighted by Gasteiger charge is -2.06. The van der Waals surface area contributed by atoms with Crippen LogP contribution in [0.25, 0.3) is 5.69 Å². The van der Waals surface area contributed by atoms with Crippen LogP contribution in [-0.2, 0) is 0 Å². The number of nitrogens with zero attached hydrogens (tertiary/aromatic N) is 3. The number of hydrogen-bond acceptors (Lipinski definition) is 3. The second kappa shape index (κ2) is 5.94. The van der Waals surface area contributed by atoms with Gasteiger partial charge in [0.05, 0.1) is 18.1 Å². The number of rotatable bonds is 2. The number of aryl methyl sites for hydroxylation is 1. The molecule has 90 valence electrons. The molecule has 0 saturated carbocycles. The van der Waals surface area contributed by atoms with Gasteiger partial charge < -0.3 is 0 Å². The molecular formula is C13H17N3O. The first kappa shape index (κ1) is 13.1. The largest absolute Gasteiger partial charge is 0.294 e. The monoisotopic (exact) mass is 231 g/mol. The fourth-order valence-electron chi connectivity index (χ4n) is 1.45. The van der Waals surface area contributed by atoms with E-state index in [1.165, 1.54) is 4.80 Å². The van der Waals surface area contributed by atoms with Crippen molar-refractivity contribution in [2.45, 2.75) is 27.7 Å². The molecule has 0 bridgehead atoms. The van der Waals surface area contributed by atoms with Gasteiger partial charge in [0.15, 0.2) is 5.78 Å².